The van der Waals surface area contributed by atoms with Crippen molar-refractivity contribution in [1.29, 1.82) is 0 Å². The smallest absolute Gasteiger partial charge is 0.299 e. The van der Waals surface area contributed by atoms with Crippen LogP contribution in [0.5, 0.6) is 6.01 Å². The highest BCUT2D eigenvalue weighted by molar-refractivity contribution is 5.99. The Morgan fingerprint density at radius 3 is 2.42 bits per heavy atom. The molecule has 0 saturated carbocycles. The molecule has 0 aliphatic carbocycles. The molecule has 0 atom stereocenters. The Morgan fingerprint density at radius 1 is 1.27 bits per heavy atom. The molecule has 0 aliphatic heterocycles. The van der Waals surface area contributed by atoms with E-state index in [4.69, 9.17) is 4.74 Å². The average molecular weight is 367 g/mol. The Morgan fingerprint density at radius 2 is 1.92 bits per heavy atom. The largest absolute Gasteiger partial charge is 0.462 e. The molecular weight excluding hydrogens is 332 g/mol. The van der Waals surface area contributed by atoms with Gasteiger partial charge in [-0.3, -0.25) is 14.2 Å². The number of nitrogens with zero attached hydrogens (tertiary/aromatic N) is 4. The second kappa shape index (κ2) is 10.2. The van der Waals surface area contributed by atoms with Gasteiger partial charge in [0.25, 0.3) is 11.9 Å². The van der Waals surface area contributed by atoms with Crippen LogP contribution in [-0.4, -0.2) is 53.5 Å². The molecule has 0 radical (unpaired) electrons. The van der Waals surface area contributed by atoms with Crippen molar-refractivity contribution in [2.45, 2.75) is 66.5 Å². The molecule has 0 spiro atoms. The van der Waals surface area contributed by atoms with Gasteiger partial charge < -0.3 is 14.5 Å². The highest BCUT2D eigenvalue weighted by Gasteiger charge is 2.28. The van der Waals surface area contributed by atoms with Crippen molar-refractivity contribution >= 4 is 18.1 Å². The van der Waals surface area contributed by atoms with Crippen LogP contribution >= 0.6 is 0 Å². The fourth-order valence-electron chi connectivity index (χ4n) is 2.50. The fourth-order valence-corrected chi connectivity index (χ4v) is 2.50. The standard InChI is InChI=1S/C19H34N4O3/c1-8-9-11-21(6)18(25)16-17(22(7)13-24)20-19(26-15(4)5)23(16)12-10-14(2)3/h13-15H,8-12H2,1-7H3. The Hall–Kier alpha value is -2.05. The first kappa shape index (κ1) is 22.0. The zero-order valence-electron chi connectivity index (χ0n) is 17.3. The fraction of sp³-hybridized carbons (Fsp3) is 0.737. The molecule has 0 bridgehead atoms. The van der Waals surface area contributed by atoms with Gasteiger partial charge in [0.2, 0.25) is 6.41 Å². The second-order valence-corrected chi connectivity index (χ2v) is 7.36. The monoisotopic (exact) mass is 366 g/mol. The van der Waals surface area contributed by atoms with Crippen molar-refractivity contribution < 1.29 is 14.3 Å². The molecule has 0 N–H and O–H groups in total. The van der Waals surface area contributed by atoms with Gasteiger partial charge in [0.1, 0.15) is 0 Å². The van der Waals surface area contributed by atoms with E-state index in [9.17, 15) is 9.59 Å². The maximum atomic E-state index is 13.1. The van der Waals surface area contributed by atoms with Crippen LogP contribution in [0.2, 0.25) is 0 Å². The first-order chi connectivity index (χ1) is 12.2. The minimum absolute atomic E-state index is 0.0784. The minimum Gasteiger partial charge on any atom is -0.462 e. The molecule has 7 nitrogen and oxygen atoms in total. The summed E-state index contributed by atoms with van der Waals surface area (Å²) in [6.45, 7) is 11.5. The third kappa shape index (κ3) is 5.75. The molecule has 1 heterocycles. The number of aromatic nitrogens is 2. The number of hydrogen-bond acceptors (Lipinski definition) is 4. The zero-order chi connectivity index (χ0) is 19.9. The molecule has 148 valence electrons. The number of unbranched alkanes of at least 4 members (excludes halogenated alkanes) is 1. The zero-order valence-corrected chi connectivity index (χ0v) is 17.3. The van der Waals surface area contributed by atoms with Gasteiger partial charge in [0.05, 0.1) is 6.10 Å². The van der Waals surface area contributed by atoms with Crippen molar-refractivity contribution in [3.63, 3.8) is 0 Å². The normalized spacial score (nSPS) is 11.1. The van der Waals surface area contributed by atoms with Gasteiger partial charge >= 0.3 is 0 Å². The summed E-state index contributed by atoms with van der Waals surface area (Å²) in [4.78, 5) is 32.0. The number of carbonyl (C=O) groups excluding carboxylic acids is 2. The predicted octanol–water partition coefficient (Wildman–Crippen LogP) is 3.18. The van der Waals surface area contributed by atoms with Gasteiger partial charge in [-0.05, 0) is 32.6 Å². The number of hydrogen-bond donors (Lipinski definition) is 0. The van der Waals surface area contributed by atoms with Gasteiger partial charge in [-0.2, -0.15) is 4.98 Å². The Bertz CT molecular complexity index is 596. The predicted molar refractivity (Wildman–Crippen MR) is 104 cm³/mol. The summed E-state index contributed by atoms with van der Waals surface area (Å²) in [7, 11) is 3.38. The molecule has 26 heavy (non-hydrogen) atoms. The van der Waals surface area contributed by atoms with Gasteiger partial charge in [0, 0.05) is 27.2 Å². The van der Waals surface area contributed by atoms with E-state index in [0.29, 0.717) is 42.9 Å². The molecule has 0 aliphatic rings. The van der Waals surface area contributed by atoms with Crippen LogP contribution < -0.4 is 9.64 Å². The molecule has 1 aromatic heterocycles. The molecular formula is C19H34N4O3. The van der Waals surface area contributed by atoms with Crippen molar-refractivity contribution in [3.8, 4) is 6.01 Å². The van der Waals surface area contributed by atoms with E-state index in [-0.39, 0.29) is 12.0 Å². The summed E-state index contributed by atoms with van der Waals surface area (Å²) in [5, 5.41) is 0. The van der Waals surface area contributed by atoms with Crippen LogP contribution in [0.25, 0.3) is 0 Å². The number of ether oxygens (including phenoxy) is 1. The van der Waals surface area contributed by atoms with Crippen LogP contribution in [0, 0.1) is 5.92 Å². The Kier molecular flexibility index (Phi) is 8.61. The van der Waals surface area contributed by atoms with Gasteiger partial charge in [-0.25, -0.2) is 0 Å². The van der Waals surface area contributed by atoms with Gasteiger partial charge in [-0.1, -0.05) is 27.2 Å². The molecule has 1 aromatic rings. The molecule has 0 aromatic carbocycles. The summed E-state index contributed by atoms with van der Waals surface area (Å²) in [5.41, 5.74) is 0.412. The van der Waals surface area contributed by atoms with E-state index < -0.39 is 0 Å². The molecule has 0 fully saturated rings. The van der Waals surface area contributed by atoms with E-state index >= 15 is 0 Å². The first-order valence-electron chi connectivity index (χ1n) is 9.43. The summed E-state index contributed by atoms with van der Waals surface area (Å²) >= 11 is 0. The number of imidazole rings is 1. The topological polar surface area (TPSA) is 67.7 Å². The van der Waals surface area contributed by atoms with Crippen molar-refractivity contribution in [3.05, 3.63) is 5.69 Å². The van der Waals surface area contributed by atoms with Crippen molar-refractivity contribution in [1.82, 2.24) is 14.5 Å². The van der Waals surface area contributed by atoms with E-state index in [1.807, 2.05) is 18.4 Å². The maximum absolute atomic E-state index is 13.1. The van der Waals surface area contributed by atoms with E-state index in [1.165, 1.54) is 4.90 Å². The SMILES string of the molecule is CCCCN(C)C(=O)c1c(N(C)C=O)nc(OC(C)C)n1CCC(C)C. The van der Waals surface area contributed by atoms with Crippen LogP contribution in [0.4, 0.5) is 5.82 Å². The summed E-state index contributed by atoms with van der Waals surface area (Å²) in [5.74, 6) is 0.669. The molecule has 7 heteroatoms. The van der Waals surface area contributed by atoms with Gasteiger partial charge in [0.15, 0.2) is 11.5 Å². The van der Waals surface area contributed by atoms with Crippen LogP contribution in [0.1, 0.15) is 64.4 Å². The molecule has 2 amide bonds. The van der Waals surface area contributed by atoms with E-state index in [0.717, 1.165) is 19.3 Å². The first-order valence-corrected chi connectivity index (χ1v) is 9.43. The maximum Gasteiger partial charge on any atom is 0.299 e. The summed E-state index contributed by atoms with van der Waals surface area (Å²) in [6, 6.07) is 0.386. The number of rotatable bonds is 11. The number of carbonyl (C=O) groups is 2. The second-order valence-electron chi connectivity index (χ2n) is 7.36. The summed E-state index contributed by atoms with van der Waals surface area (Å²) in [6.07, 6.45) is 3.40. The number of anilines is 1. The van der Waals surface area contributed by atoms with Crippen LogP contribution in [0.15, 0.2) is 0 Å². The quantitative estimate of drug-likeness (QED) is 0.564. The molecule has 1 rings (SSSR count). The van der Waals surface area contributed by atoms with E-state index in [2.05, 4.69) is 25.8 Å². The lowest BCUT2D eigenvalue weighted by atomic mass is 10.1. The third-order valence-corrected chi connectivity index (χ3v) is 4.07. The van der Waals surface area contributed by atoms with Crippen LogP contribution in [0.3, 0.4) is 0 Å². The minimum atomic E-state index is -0.142. The lowest BCUT2D eigenvalue weighted by Crippen LogP contribution is -2.31. The van der Waals surface area contributed by atoms with Crippen molar-refractivity contribution in [2.24, 2.45) is 5.92 Å². The number of amides is 2. The molecule has 0 unspecified atom stereocenters. The van der Waals surface area contributed by atoms with Gasteiger partial charge in [-0.15, -0.1) is 0 Å². The molecule has 0 saturated heterocycles. The third-order valence-electron chi connectivity index (χ3n) is 4.07. The Balaban J connectivity index is 3.40. The van der Waals surface area contributed by atoms with Crippen LogP contribution in [-0.2, 0) is 11.3 Å². The lowest BCUT2D eigenvalue weighted by Gasteiger charge is -2.20. The highest BCUT2D eigenvalue weighted by atomic mass is 16.5. The van der Waals surface area contributed by atoms with E-state index in [1.54, 1.807) is 19.0 Å². The summed E-state index contributed by atoms with van der Waals surface area (Å²) < 4.78 is 7.66. The average Bonchev–Trinajstić information content (AvgIpc) is 2.93. The Labute approximate surface area is 157 Å². The van der Waals surface area contributed by atoms with Crippen molar-refractivity contribution in [2.75, 3.05) is 25.5 Å². The highest BCUT2D eigenvalue weighted by Crippen LogP contribution is 2.28. The lowest BCUT2D eigenvalue weighted by molar-refractivity contribution is -0.107.